The van der Waals surface area contributed by atoms with Gasteiger partial charge in [0.2, 0.25) is 0 Å². The summed E-state index contributed by atoms with van der Waals surface area (Å²) in [7, 11) is 0. The molecule has 1 aliphatic rings. The fraction of sp³-hybridized carbons (Fsp3) is 0.280. The molecule has 4 rings (SSSR count). The van der Waals surface area contributed by atoms with Crippen molar-refractivity contribution in [1.29, 1.82) is 0 Å². The number of rotatable bonds is 5. The van der Waals surface area contributed by atoms with Gasteiger partial charge in [-0.1, -0.05) is 12.1 Å². The molecule has 162 valence electrons. The van der Waals surface area contributed by atoms with Crippen LogP contribution in [0.3, 0.4) is 0 Å². The van der Waals surface area contributed by atoms with Gasteiger partial charge in [0.05, 0.1) is 5.56 Å². The number of benzene rings is 3. The van der Waals surface area contributed by atoms with Crippen molar-refractivity contribution in [3.8, 4) is 17.2 Å². The van der Waals surface area contributed by atoms with Crippen molar-refractivity contribution in [1.82, 2.24) is 0 Å². The van der Waals surface area contributed by atoms with Crippen molar-refractivity contribution in [2.24, 2.45) is 5.92 Å². The van der Waals surface area contributed by atoms with Gasteiger partial charge in [0, 0.05) is 18.8 Å². The molecule has 31 heavy (non-hydrogen) atoms. The molecule has 0 atom stereocenters. The van der Waals surface area contributed by atoms with Crippen LogP contribution in [0.15, 0.2) is 72.8 Å². The van der Waals surface area contributed by atoms with E-state index in [1.54, 1.807) is 12.1 Å². The maximum Gasteiger partial charge on any atom is 0.416 e. The number of piperidine rings is 1. The van der Waals surface area contributed by atoms with Gasteiger partial charge >= 0.3 is 6.18 Å². The van der Waals surface area contributed by atoms with Gasteiger partial charge in [-0.2, -0.15) is 13.2 Å². The Balaban J connectivity index is 1.28. The smallest absolute Gasteiger partial charge is 0.416 e. The Hall–Kier alpha value is -3.15. The van der Waals surface area contributed by atoms with Crippen molar-refractivity contribution in [2.45, 2.75) is 25.4 Å². The normalized spacial score (nSPS) is 15.1. The lowest BCUT2D eigenvalue weighted by molar-refractivity contribution is -0.137. The minimum absolute atomic E-state index is 0.282. The molecule has 6 heteroatoms. The summed E-state index contributed by atoms with van der Waals surface area (Å²) in [5.41, 5.74) is 1.68. The van der Waals surface area contributed by atoms with E-state index in [1.807, 2.05) is 36.4 Å². The second-order valence-corrected chi connectivity index (χ2v) is 7.92. The predicted octanol–water partition coefficient (Wildman–Crippen LogP) is 6.66. The number of alkyl halides is 3. The first-order chi connectivity index (χ1) is 14.9. The van der Waals surface area contributed by atoms with Crippen LogP contribution in [-0.4, -0.2) is 18.2 Å². The zero-order chi connectivity index (χ0) is 21.8. The quantitative estimate of drug-likeness (QED) is 0.494. The molecule has 0 bridgehead atoms. The maximum atomic E-state index is 12.7. The molecule has 0 spiro atoms. The molecule has 1 saturated heterocycles. The van der Waals surface area contributed by atoms with Crippen LogP contribution in [0.4, 0.5) is 18.9 Å². The Labute approximate surface area is 179 Å². The molecular weight excluding hydrogens is 403 g/mol. The monoisotopic (exact) mass is 427 g/mol. The van der Waals surface area contributed by atoms with E-state index in [1.165, 1.54) is 17.7 Å². The van der Waals surface area contributed by atoms with E-state index in [9.17, 15) is 18.3 Å². The van der Waals surface area contributed by atoms with Gasteiger partial charge in [0.1, 0.15) is 17.2 Å². The number of aromatic hydroxyl groups is 1. The van der Waals surface area contributed by atoms with Gasteiger partial charge in [0.25, 0.3) is 0 Å². The van der Waals surface area contributed by atoms with E-state index >= 15 is 0 Å². The summed E-state index contributed by atoms with van der Waals surface area (Å²) in [5, 5.41) is 9.44. The first-order valence-corrected chi connectivity index (χ1v) is 10.3. The van der Waals surface area contributed by atoms with Gasteiger partial charge in [0.15, 0.2) is 0 Å². The molecular formula is C25H24F3NO2. The molecule has 0 aromatic heterocycles. The van der Waals surface area contributed by atoms with Gasteiger partial charge in [-0.05, 0) is 91.4 Å². The molecule has 1 N–H and O–H groups in total. The Morgan fingerprint density at radius 2 is 1.35 bits per heavy atom. The van der Waals surface area contributed by atoms with Crippen LogP contribution in [-0.2, 0) is 12.6 Å². The molecule has 1 fully saturated rings. The number of phenolic OH excluding ortho intramolecular Hbond substituents is 1. The van der Waals surface area contributed by atoms with Gasteiger partial charge in [-0.25, -0.2) is 0 Å². The molecule has 0 amide bonds. The number of hydrogen-bond acceptors (Lipinski definition) is 3. The van der Waals surface area contributed by atoms with Crippen LogP contribution in [0.25, 0.3) is 0 Å². The van der Waals surface area contributed by atoms with Crippen molar-refractivity contribution < 1.29 is 23.0 Å². The Morgan fingerprint density at radius 3 is 1.90 bits per heavy atom. The average molecular weight is 427 g/mol. The Kier molecular flexibility index (Phi) is 6.07. The second-order valence-electron chi connectivity index (χ2n) is 7.92. The van der Waals surface area contributed by atoms with Gasteiger partial charge in [-0.3, -0.25) is 0 Å². The fourth-order valence-corrected chi connectivity index (χ4v) is 3.93. The lowest BCUT2D eigenvalue weighted by atomic mass is 9.90. The second kappa shape index (κ2) is 8.92. The first kappa shape index (κ1) is 21.1. The average Bonchev–Trinajstić information content (AvgIpc) is 2.76. The first-order valence-electron chi connectivity index (χ1n) is 10.3. The molecule has 0 unspecified atom stereocenters. The number of nitrogens with zero attached hydrogens (tertiary/aromatic N) is 1. The van der Waals surface area contributed by atoms with Crippen molar-refractivity contribution >= 4 is 5.69 Å². The highest BCUT2D eigenvalue weighted by Gasteiger charge is 2.30. The lowest BCUT2D eigenvalue weighted by Crippen LogP contribution is -2.34. The third-order valence-corrected chi connectivity index (χ3v) is 5.69. The summed E-state index contributed by atoms with van der Waals surface area (Å²) < 4.78 is 43.6. The summed E-state index contributed by atoms with van der Waals surface area (Å²) in [4.78, 5) is 2.34. The van der Waals surface area contributed by atoms with Gasteiger partial charge in [-0.15, -0.1) is 0 Å². The van der Waals surface area contributed by atoms with E-state index in [0.29, 0.717) is 17.4 Å². The van der Waals surface area contributed by atoms with E-state index in [2.05, 4.69) is 4.90 Å². The van der Waals surface area contributed by atoms with Crippen molar-refractivity contribution in [3.05, 3.63) is 83.9 Å². The number of anilines is 1. The third-order valence-electron chi connectivity index (χ3n) is 5.69. The lowest BCUT2D eigenvalue weighted by Gasteiger charge is -2.33. The Bertz CT molecular complexity index is 975. The molecule has 1 heterocycles. The zero-order valence-corrected chi connectivity index (χ0v) is 17.0. The third kappa shape index (κ3) is 5.51. The summed E-state index contributed by atoms with van der Waals surface area (Å²) in [6.07, 6.45) is -1.15. The summed E-state index contributed by atoms with van der Waals surface area (Å²) in [6.45, 7) is 1.98. The van der Waals surface area contributed by atoms with Crippen molar-refractivity contribution in [2.75, 3.05) is 18.0 Å². The van der Waals surface area contributed by atoms with Crippen LogP contribution in [0.1, 0.15) is 24.0 Å². The number of phenols is 1. The van der Waals surface area contributed by atoms with E-state index in [4.69, 9.17) is 4.74 Å². The number of ether oxygens (including phenoxy) is 1. The predicted molar refractivity (Wildman–Crippen MR) is 115 cm³/mol. The molecule has 1 aliphatic heterocycles. The maximum absolute atomic E-state index is 12.7. The molecule has 0 radical (unpaired) electrons. The largest absolute Gasteiger partial charge is 0.508 e. The molecule has 0 saturated carbocycles. The Morgan fingerprint density at radius 1 is 0.806 bits per heavy atom. The standard InChI is InChI=1S/C25H24F3NO2/c26-25(27,28)20-3-11-24(12-4-20)31-23-9-1-18(2-10-23)17-19-13-15-29(16-14-19)21-5-7-22(30)8-6-21/h1-12,19,30H,13-17H2. The van der Waals surface area contributed by atoms with Gasteiger partial charge < -0.3 is 14.7 Å². The summed E-state index contributed by atoms with van der Waals surface area (Å²) >= 11 is 0. The van der Waals surface area contributed by atoms with Crippen molar-refractivity contribution in [3.63, 3.8) is 0 Å². The minimum atomic E-state index is -4.35. The van der Waals surface area contributed by atoms with Crippen LogP contribution >= 0.6 is 0 Å². The van der Waals surface area contributed by atoms with Crippen LogP contribution in [0, 0.1) is 5.92 Å². The number of hydrogen-bond donors (Lipinski definition) is 1. The topological polar surface area (TPSA) is 32.7 Å². The van der Waals surface area contributed by atoms with Crippen LogP contribution in [0.5, 0.6) is 17.2 Å². The minimum Gasteiger partial charge on any atom is -0.508 e. The molecule has 3 aromatic rings. The SMILES string of the molecule is Oc1ccc(N2CCC(Cc3ccc(Oc4ccc(C(F)(F)F)cc4)cc3)CC2)cc1. The zero-order valence-electron chi connectivity index (χ0n) is 17.0. The number of halogens is 3. The molecule has 0 aliphatic carbocycles. The fourth-order valence-electron chi connectivity index (χ4n) is 3.93. The van der Waals surface area contributed by atoms with Crippen LogP contribution < -0.4 is 9.64 Å². The summed E-state index contributed by atoms with van der Waals surface area (Å²) in [5.74, 6) is 1.87. The molecule has 3 nitrogen and oxygen atoms in total. The molecule has 3 aromatic carbocycles. The highest BCUT2D eigenvalue weighted by molar-refractivity contribution is 5.49. The highest BCUT2D eigenvalue weighted by Crippen LogP contribution is 2.32. The van der Waals surface area contributed by atoms with Crippen LogP contribution in [0.2, 0.25) is 0 Å². The highest BCUT2D eigenvalue weighted by atomic mass is 19.4. The summed E-state index contributed by atoms with van der Waals surface area (Å²) in [6, 6.07) is 19.8. The van der Waals surface area contributed by atoms with E-state index < -0.39 is 11.7 Å². The van der Waals surface area contributed by atoms with E-state index in [0.717, 1.165) is 50.2 Å². The van der Waals surface area contributed by atoms with E-state index in [-0.39, 0.29) is 5.75 Å².